The summed E-state index contributed by atoms with van der Waals surface area (Å²) in [4.78, 5) is 5.39. The van der Waals surface area contributed by atoms with E-state index in [1.165, 1.54) is 74.6 Å². The van der Waals surface area contributed by atoms with Gasteiger partial charge in [0.2, 0.25) is 0 Å². The molecule has 10 aromatic rings. The second kappa shape index (κ2) is 10.3. The highest BCUT2D eigenvalue weighted by Crippen LogP contribution is 2.44. The molecule has 0 aliphatic carbocycles. The lowest BCUT2D eigenvalue weighted by atomic mass is 9.91. The van der Waals surface area contributed by atoms with Crippen LogP contribution in [-0.4, -0.2) is 4.98 Å². The molecule has 47 heavy (non-hydrogen) atoms. The number of rotatable bonds is 3. The van der Waals surface area contributed by atoms with E-state index in [-0.39, 0.29) is 0 Å². The van der Waals surface area contributed by atoms with Crippen molar-refractivity contribution in [2.75, 3.05) is 0 Å². The molecule has 1 nitrogen and oxygen atoms in total. The molecule has 0 aliphatic rings. The Bertz CT molecular complexity index is 2840. The molecule has 2 heterocycles. The minimum atomic E-state index is 1.01. The van der Waals surface area contributed by atoms with Gasteiger partial charge in [-0.1, -0.05) is 133 Å². The quantitative estimate of drug-likeness (QED) is 0.181. The highest BCUT2D eigenvalue weighted by Gasteiger charge is 2.17. The van der Waals surface area contributed by atoms with Gasteiger partial charge >= 0.3 is 0 Å². The van der Waals surface area contributed by atoms with Gasteiger partial charge in [-0.25, -0.2) is 4.98 Å². The number of benzene rings is 8. The van der Waals surface area contributed by atoms with Crippen LogP contribution >= 0.6 is 11.3 Å². The maximum Gasteiger partial charge on any atom is 0.0788 e. The Morgan fingerprint density at radius 2 is 1.04 bits per heavy atom. The number of fused-ring (bicyclic) bond motifs is 10. The van der Waals surface area contributed by atoms with Crippen molar-refractivity contribution in [3.05, 3.63) is 164 Å². The van der Waals surface area contributed by atoms with Gasteiger partial charge in [-0.15, -0.1) is 11.3 Å². The van der Waals surface area contributed by atoms with Crippen molar-refractivity contribution in [1.29, 1.82) is 0 Å². The van der Waals surface area contributed by atoms with Crippen molar-refractivity contribution in [1.82, 2.24) is 4.98 Å². The van der Waals surface area contributed by atoms with Crippen LogP contribution in [0, 0.1) is 0 Å². The molecular formula is C45H27NS. The third kappa shape index (κ3) is 4.12. The molecule has 8 aromatic carbocycles. The van der Waals surface area contributed by atoms with E-state index < -0.39 is 0 Å². The predicted molar refractivity (Wildman–Crippen MR) is 203 cm³/mol. The molecular weight excluding hydrogens is 587 g/mol. The SMILES string of the molecule is c1ccc(-c2nc3cc(-c4cccc(-c5cc6ccccc6c6ccccc56)c4)ccc3c3c2ccc2sc4ccccc4c23)cc1. The summed E-state index contributed by atoms with van der Waals surface area (Å²) in [6.45, 7) is 0. The van der Waals surface area contributed by atoms with Crippen LogP contribution < -0.4 is 0 Å². The largest absolute Gasteiger partial charge is 0.247 e. The van der Waals surface area contributed by atoms with Gasteiger partial charge in [0.05, 0.1) is 11.2 Å². The number of hydrogen-bond donors (Lipinski definition) is 0. The smallest absolute Gasteiger partial charge is 0.0788 e. The molecule has 10 rings (SSSR count). The van der Waals surface area contributed by atoms with Crippen LogP contribution in [0.3, 0.4) is 0 Å². The number of hydrogen-bond acceptors (Lipinski definition) is 2. The Labute approximate surface area is 276 Å². The van der Waals surface area contributed by atoms with E-state index in [2.05, 4.69) is 164 Å². The van der Waals surface area contributed by atoms with Gasteiger partial charge < -0.3 is 0 Å². The number of pyridine rings is 1. The topological polar surface area (TPSA) is 12.9 Å². The molecule has 0 bridgehead atoms. The number of aromatic nitrogens is 1. The van der Waals surface area contributed by atoms with Crippen LogP contribution in [0.1, 0.15) is 0 Å². The lowest BCUT2D eigenvalue weighted by Crippen LogP contribution is -1.91. The molecule has 0 saturated carbocycles. The number of nitrogens with zero attached hydrogens (tertiary/aromatic N) is 1. The van der Waals surface area contributed by atoms with Crippen molar-refractivity contribution >= 4 is 74.7 Å². The summed E-state index contributed by atoms with van der Waals surface area (Å²) in [5.74, 6) is 0. The fraction of sp³-hybridized carbons (Fsp3) is 0. The molecule has 0 N–H and O–H groups in total. The zero-order valence-corrected chi connectivity index (χ0v) is 26.3. The van der Waals surface area contributed by atoms with Gasteiger partial charge in [0, 0.05) is 41.9 Å². The first-order valence-corrected chi connectivity index (χ1v) is 16.9. The first-order chi connectivity index (χ1) is 23.3. The van der Waals surface area contributed by atoms with Gasteiger partial charge in [-0.3, -0.25) is 0 Å². The van der Waals surface area contributed by atoms with Crippen LogP contribution in [-0.2, 0) is 0 Å². The average molecular weight is 614 g/mol. The third-order valence-corrected chi connectivity index (χ3v) is 10.8. The molecule has 218 valence electrons. The molecule has 0 aliphatic heterocycles. The molecule has 2 heteroatoms. The molecule has 0 unspecified atom stereocenters. The van der Waals surface area contributed by atoms with Crippen molar-refractivity contribution in [3.63, 3.8) is 0 Å². The third-order valence-electron chi connectivity index (χ3n) is 9.62. The van der Waals surface area contributed by atoms with E-state index >= 15 is 0 Å². The second-order valence-corrected chi connectivity index (χ2v) is 13.4. The normalized spacial score (nSPS) is 11.8. The lowest BCUT2D eigenvalue weighted by Gasteiger charge is -2.14. The summed E-state index contributed by atoms with van der Waals surface area (Å²) in [5.41, 5.74) is 7.99. The summed E-state index contributed by atoms with van der Waals surface area (Å²) < 4.78 is 2.63. The van der Waals surface area contributed by atoms with Crippen molar-refractivity contribution in [2.45, 2.75) is 0 Å². The number of thiophene rings is 1. The van der Waals surface area contributed by atoms with Crippen molar-refractivity contribution < 1.29 is 0 Å². The van der Waals surface area contributed by atoms with Gasteiger partial charge in [-0.05, 0) is 74.1 Å². The van der Waals surface area contributed by atoms with Gasteiger partial charge in [0.25, 0.3) is 0 Å². The van der Waals surface area contributed by atoms with E-state index in [9.17, 15) is 0 Å². The van der Waals surface area contributed by atoms with Crippen molar-refractivity contribution in [3.8, 4) is 33.5 Å². The van der Waals surface area contributed by atoms with Gasteiger partial charge in [-0.2, -0.15) is 0 Å². The van der Waals surface area contributed by atoms with Crippen LogP contribution in [0.4, 0.5) is 0 Å². The Balaban J connectivity index is 1.22. The molecule has 0 radical (unpaired) electrons. The first kappa shape index (κ1) is 26.4. The summed E-state index contributed by atoms with van der Waals surface area (Å²) in [6, 6.07) is 59.6. The summed E-state index contributed by atoms with van der Waals surface area (Å²) in [5, 5.41) is 11.4. The predicted octanol–water partition coefficient (Wildman–Crippen LogP) is 13.1. The zero-order valence-electron chi connectivity index (χ0n) is 25.4. The van der Waals surface area contributed by atoms with Crippen molar-refractivity contribution in [2.24, 2.45) is 0 Å². The van der Waals surface area contributed by atoms with Crippen LogP contribution in [0.25, 0.3) is 96.9 Å². The van der Waals surface area contributed by atoms with E-state index in [1.54, 1.807) is 0 Å². The van der Waals surface area contributed by atoms with E-state index in [0.717, 1.165) is 22.3 Å². The van der Waals surface area contributed by atoms with Crippen LogP contribution in [0.2, 0.25) is 0 Å². The first-order valence-electron chi connectivity index (χ1n) is 16.0. The average Bonchev–Trinajstić information content (AvgIpc) is 3.53. The Morgan fingerprint density at radius 3 is 1.94 bits per heavy atom. The molecule has 0 amide bonds. The molecule has 2 aromatic heterocycles. The maximum absolute atomic E-state index is 5.39. The standard InChI is InChI=1S/C45H27NS/c1-2-11-28(12-3-1)45-38-23-24-42-44(37-19-8-9-20-41(37)47-42)43(38)36-22-21-30(27-40(36)46-45)29-14-10-15-31(25-29)39-26-32-13-4-5-16-33(32)34-17-6-7-18-35(34)39/h1-27H. The van der Waals surface area contributed by atoms with Gasteiger partial charge in [0.1, 0.15) is 0 Å². The minimum Gasteiger partial charge on any atom is -0.247 e. The van der Waals surface area contributed by atoms with Crippen LogP contribution in [0.15, 0.2) is 164 Å². The highest BCUT2D eigenvalue weighted by atomic mass is 32.1. The Kier molecular flexibility index (Phi) is 5.81. The lowest BCUT2D eigenvalue weighted by molar-refractivity contribution is 1.43. The minimum absolute atomic E-state index is 1.01. The van der Waals surface area contributed by atoms with E-state index in [1.807, 2.05) is 11.3 Å². The Hall–Kier alpha value is -5.83. The zero-order chi connectivity index (χ0) is 30.9. The second-order valence-electron chi connectivity index (χ2n) is 12.3. The Morgan fingerprint density at radius 1 is 0.362 bits per heavy atom. The fourth-order valence-corrected chi connectivity index (χ4v) is 8.58. The summed E-state index contributed by atoms with van der Waals surface area (Å²) >= 11 is 1.87. The van der Waals surface area contributed by atoms with E-state index in [4.69, 9.17) is 4.98 Å². The molecule has 0 fully saturated rings. The van der Waals surface area contributed by atoms with Crippen LogP contribution in [0.5, 0.6) is 0 Å². The van der Waals surface area contributed by atoms with Gasteiger partial charge in [0.15, 0.2) is 0 Å². The summed E-state index contributed by atoms with van der Waals surface area (Å²) in [6.07, 6.45) is 0. The highest BCUT2D eigenvalue weighted by molar-refractivity contribution is 7.26. The molecule has 0 atom stereocenters. The maximum atomic E-state index is 5.39. The monoisotopic (exact) mass is 613 g/mol. The van der Waals surface area contributed by atoms with E-state index in [0.29, 0.717) is 0 Å². The molecule has 0 spiro atoms. The fourth-order valence-electron chi connectivity index (χ4n) is 7.46. The summed E-state index contributed by atoms with van der Waals surface area (Å²) in [7, 11) is 0. The molecule has 0 saturated heterocycles.